The van der Waals surface area contributed by atoms with Crippen LogP contribution in [0.2, 0.25) is 5.02 Å². The van der Waals surface area contributed by atoms with E-state index in [0.717, 1.165) is 25.1 Å². The van der Waals surface area contributed by atoms with Crippen molar-refractivity contribution >= 4 is 17.5 Å². The summed E-state index contributed by atoms with van der Waals surface area (Å²) in [6.07, 6.45) is 1.07. The molecule has 140 valence electrons. The minimum atomic E-state index is -0.565. The molecule has 0 aliphatic rings. The number of hydrogen-bond acceptors (Lipinski definition) is 5. The molecule has 0 saturated carbocycles. The second kappa shape index (κ2) is 13.4. The van der Waals surface area contributed by atoms with Gasteiger partial charge in [-0.2, -0.15) is 0 Å². The van der Waals surface area contributed by atoms with Gasteiger partial charge >= 0.3 is 0 Å². The van der Waals surface area contributed by atoms with Gasteiger partial charge < -0.3 is 50.2 Å². The monoisotopic (exact) mass is 399 g/mol. The van der Waals surface area contributed by atoms with Crippen LogP contribution in [0, 0.1) is 0 Å². The second-order valence-corrected chi connectivity index (χ2v) is 5.60. The van der Waals surface area contributed by atoms with E-state index in [9.17, 15) is 4.79 Å². The fourth-order valence-electron chi connectivity index (χ4n) is 1.91. The molecule has 0 aliphatic heterocycles. The molecule has 6 nitrogen and oxygen atoms in total. The first kappa shape index (κ1) is 25.3. The van der Waals surface area contributed by atoms with E-state index in [1.54, 1.807) is 6.07 Å². The van der Waals surface area contributed by atoms with Gasteiger partial charge in [0.2, 0.25) is 0 Å². The van der Waals surface area contributed by atoms with Crippen LogP contribution in [-0.4, -0.2) is 51.7 Å². The van der Waals surface area contributed by atoms with E-state index in [0.29, 0.717) is 23.1 Å². The zero-order valence-corrected chi connectivity index (χ0v) is 16.3. The Hall–Kier alpha value is -0.920. The molecule has 0 fully saturated rings. The quantitative estimate of drug-likeness (QED) is 0.386. The van der Waals surface area contributed by atoms with Crippen molar-refractivity contribution in [1.82, 2.24) is 10.2 Å². The maximum Gasteiger partial charge on any atom is 0.255 e. The molecule has 3 N–H and O–H groups in total. The average molecular weight is 401 g/mol. The first-order valence-electron chi connectivity index (χ1n) is 7.07. The number of carbonyl (C=O) groups is 1. The molecule has 0 atom stereocenters. The van der Waals surface area contributed by atoms with Crippen molar-refractivity contribution in [2.75, 3.05) is 40.9 Å². The van der Waals surface area contributed by atoms with Crippen LogP contribution in [0.15, 0.2) is 12.1 Å². The van der Waals surface area contributed by atoms with Gasteiger partial charge in [-0.25, -0.2) is 0 Å². The lowest BCUT2D eigenvalue weighted by Crippen LogP contribution is -3.00. The summed E-state index contributed by atoms with van der Waals surface area (Å²) in [5.74, 6) is 0.253. The number of ether oxygens (including phenoxy) is 2. The van der Waals surface area contributed by atoms with Gasteiger partial charge in [0.05, 0.1) is 12.1 Å². The molecule has 1 amide bonds. The summed E-state index contributed by atoms with van der Waals surface area (Å²) in [7, 11) is 5.63. The van der Waals surface area contributed by atoms with Crippen LogP contribution < -0.4 is 45.3 Å². The maximum absolute atomic E-state index is 10.8. The number of nitrogens with two attached hydrogens (primary N) is 1. The minimum absolute atomic E-state index is 0. The molecule has 0 heterocycles. The van der Waals surface area contributed by atoms with Gasteiger partial charge in [-0.05, 0) is 51.3 Å². The molecule has 0 saturated heterocycles. The number of carbonyl (C=O) groups excluding carboxylic acids is 1. The number of benzene rings is 1. The molecule has 0 radical (unpaired) electrons. The molecule has 9 heteroatoms. The molecule has 0 bridgehead atoms. The van der Waals surface area contributed by atoms with Gasteiger partial charge in [0, 0.05) is 6.54 Å². The molecule has 24 heavy (non-hydrogen) atoms. The fraction of sp³-hybridized carbons (Fsp3) is 0.533. The van der Waals surface area contributed by atoms with E-state index in [1.807, 2.05) is 6.07 Å². The lowest BCUT2D eigenvalue weighted by atomic mass is 10.2. The number of halogens is 3. The molecule has 0 aliphatic carbocycles. The van der Waals surface area contributed by atoms with Gasteiger partial charge in [-0.15, -0.1) is 0 Å². The summed E-state index contributed by atoms with van der Waals surface area (Å²) in [5, 5.41) is 3.74. The van der Waals surface area contributed by atoms with E-state index in [-0.39, 0.29) is 31.4 Å². The third-order valence-corrected chi connectivity index (χ3v) is 3.22. The predicted octanol–water partition coefficient (Wildman–Crippen LogP) is -4.74. The summed E-state index contributed by atoms with van der Waals surface area (Å²) in [6, 6.07) is 3.63. The minimum Gasteiger partial charge on any atom is -1.00 e. The Morgan fingerprint density at radius 2 is 2.00 bits per heavy atom. The van der Waals surface area contributed by atoms with Gasteiger partial charge in [-0.3, -0.25) is 4.79 Å². The van der Waals surface area contributed by atoms with E-state index in [1.165, 1.54) is 7.11 Å². The molecule has 1 aromatic carbocycles. The zero-order valence-electron chi connectivity index (χ0n) is 14.1. The van der Waals surface area contributed by atoms with Crippen LogP contribution in [0.5, 0.6) is 11.5 Å². The number of rotatable bonds is 10. The van der Waals surface area contributed by atoms with Crippen molar-refractivity contribution < 1.29 is 39.1 Å². The average Bonchev–Trinajstić information content (AvgIpc) is 2.44. The summed E-state index contributed by atoms with van der Waals surface area (Å²) in [5.41, 5.74) is 6.05. The Morgan fingerprint density at radius 3 is 2.54 bits per heavy atom. The Bertz CT molecular complexity index is 502. The van der Waals surface area contributed by atoms with Crippen LogP contribution in [0.25, 0.3) is 0 Å². The highest BCUT2D eigenvalue weighted by Gasteiger charge is 2.13. The third kappa shape index (κ3) is 9.39. The van der Waals surface area contributed by atoms with Crippen molar-refractivity contribution in [1.29, 1.82) is 0 Å². The molecular weight excluding hydrogens is 377 g/mol. The summed E-state index contributed by atoms with van der Waals surface area (Å²) < 4.78 is 10.5. The van der Waals surface area contributed by atoms with Crippen LogP contribution in [0.3, 0.4) is 0 Å². The molecule has 1 aromatic rings. The highest BCUT2D eigenvalue weighted by Crippen LogP contribution is 2.36. The lowest BCUT2D eigenvalue weighted by Gasteiger charge is -2.14. The normalized spacial score (nSPS) is 9.88. The predicted molar refractivity (Wildman–Crippen MR) is 87.6 cm³/mol. The summed E-state index contributed by atoms with van der Waals surface area (Å²) in [4.78, 5) is 12.9. The van der Waals surface area contributed by atoms with Crippen molar-refractivity contribution in [2.45, 2.75) is 13.0 Å². The number of hydrogen-bond donors (Lipinski definition) is 2. The fourth-order valence-corrected chi connectivity index (χ4v) is 2.20. The van der Waals surface area contributed by atoms with E-state index in [2.05, 4.69) is 24.3 Å². The number of amides is 1. The smallest absolute Gasteiger partial charge is 0.255 e. The number of methoxy groups -OCH3 is 1. The Kier molecular flexibility index (Phi) is 14.1. The van der Waals surface area contributed by atoms with E-state index in [4.69, 9.17) is 26.8 Å². The van der Waals surface area contributed by atoms with Crippen LogP contribution in [0.4, 0.5) is 0 Å². The summed E-state index contributed by atoms with van der Waals surface area (Å²) >= 11 is 6.19. The maximum atomic E-state index is 10.8. The zero-order chi connectivity index (χ0) is 16.5. The number of nitrogens with one attached hydrogen (secondary N) is 1. The van der Waals surface area contributed by atoms with Gasteiger partial charge in [0.1, 0.15) is 0 Å². The van der Waals surface area contributed by atoms with Gasteiger partial charge in [0.15, 0.2) is 18.1 Å². The standard InChI is InChI=1S/C15H24ClN3O3.2ClH/c1-19(2)6-4-5-18-9-11-7-12(16)15(13(8-11)21-3)22-10-14(17)20;;/h7-8,18H,4-6,9-10H2,1-3H3,(H2,17,20);2*1H/p-2. The SMILES string of the molecule is COc1cc(CNCCCN(C)C)cc(Cl)c1OCC(N)=O.[Cl-].[Cl-]. The van der Waals surface area contributed by atoms with Gasteiger partial charge in [-0.1, -0.05) is 11.6 Å². The van der Waals surface area contributed by atoms with Crippen LogP contribution in [-0.2, 0) is 11.3 Å². The molecule has 1 rings (SSSR count). The van der Waals surface area contributed by atoms with Crippen LogP contribution in [0.1, 0.15) is 12.0 Å². The Morgan fingerprint density at radius 1 is 1.33 bits per heavy atom. The lowest BCUT2D eigenvalue weighted by molar-refractivity contribution is -0.119. The highest BCUT2D eigenvalue weighted by atomic mass is 35.5. The Labute approximate surface area is 160 Å². The highest BCUT2D eigenvalue weighted by molar-refractivity contribution is 6.32. The Balaban J connectivity index is 0. The third-order valence-electron chi connectivity index (χ3n) is 2.94. The molecule has 0 spiro atoms. The van der Waals surface area contributed by atoms with Crippen LogP contribution >= 0.6 is 11.6 Å². The van der Waals surface area contributed by atoms with E-state index < -0.39 is 5.91 Å². The van der Waals surface area contributed by atoms with Crippen molar-refractivity contribution in [3.63, 3.8) is 0 Å². The largest absolute Gasteiger partial charge is 1.00 e. The van der Waals surface area contributed by atoms with E-state index >= 15 is 0 Å². The first-order valence-corrected chi connectivity index (χ1v) is 7.44. The van der Waals surface area contributed by atoms with Gasteiger partial charge in [0.25, 0.3) is 5.91 Å². The molecule has 0 aromatic heterocycles. The second-order valence-electron chi connectivity index (χ2n) is 5.20. The number of primary amides is 1. The summed E-state index contributed by atoms with van der Waals surface area (Å²) in [6.45, 7) is 2.40. The van der Waals surface area contributed by atoms with Crippen molar-refractivity contribution in [2.24, 2.45) is 5.73 Å². The number of nitrogens with zero attached hydrogens (tertiary/aromatic N) is 1. The topological polar surface area (TPSA) is 76.8 Å². The molecule has 0 unspecified atom stereocenters. The van der Waals surface area contributed by atoms with Crippen molar-refractivity contribution in [3.8, 4) is 11.5 Å². The van der Waals surface area contributed by atoms with Crippen molar-refractivity contribution in [3.05, 3.63) is 22.7 Å². The first-order chi connectivity index (χ1) is 10.4. The molecular formula is C15H24Cl3N3O3-2.